The Hall–Kier alpha value is -1.44. The number of ether oxygens (including phenoxy) is 1. The van der Waals surface area contributed by atoms with Crippen LogP contribution in [-0.4, -0.2) is 29.2 Å². The van der Waals surface area contributed by atoms with Gasteiger partial charge in [-0.3, -0.25) is 5.43 Å². The lowest BCUT2D eigenvalue weighted by molar-refractivity contribution is 0.0622. The summed E-state index contributed by atoms with van der Waals surface area (Å²) in [5.41, 5.74) is 3.44. The minimum Gasteiger partial charge on any atom is -0.381 e. The molecule has 1 fully saturated rings. The molecule has 0 aromatic carbocycles. The zero-order chi connectivity index (χ0) is 13.9. The smallest absolute Gasteiger partial charge is 0.239 e. The first kappa shape index (κ1) is 13.5. The zero-order valence-corrected chi connectivity index (χ0v) is 12.2. The van der Waals surface area contributed by atoms with Crippen molar-refractivity contribution in [1.82, 2.24) is 9.97 Å². The second kappa shape index (κ2) is 5.90. The topological polar surface area (TPSA) is 85.1 Å². The zero-order valence-electron chi connectivity index (χ0n) is 11.4. The highest BCUT2D eigenvalue weighted by atomic mass is 32.1. The van der Waals surface area contributed by atoms with Gasteiger partial charge in [0.05, 0.1) is 10.2 Å². The molecule has 0 bridgehead atoms. The number of rotatable bonds is 4. The monoisotopic (exact) mass is 293 g/mol. The van der Waals surface area contributed by atoms with E-state index in [-0.39, 0.29) is 0 Å². The maximum Gasteiger partial charge on any atom is 0.239 e. The van der Waals surface area contributed by atoms with Gasteiger partial charge < -0.3 is 10.1 Å². The lowest BCUT2D eigenvalue weighted by atomic mass is 9.93. The average molecular weight is 293 g/mol. The van der Waals surface area contributed by atoms with Crippen LogP contribution in [-0.2, 0) is 4.74 Å². The van der Waals surface area contributed by atoms with Gasteiger partial charge in [0.25, 0.3) is 0 Å². The highest BCUT2D eigenvalue weighted by Crippen LogP contribution is 2.29. The number of nitrogens with zero attached hydrogens (tertiary/aromatic N) is 2. The molecule has 0 amide bonds. The van der Waals surface area contributed by atoms with Crippen LogP contribution in [0.5, 0.6) is 0 Å². The van der Waals surface area contributed by atoms with E-state index in [4.69, 9.17) is 10.6 Å². The van der Waals surface area contributed by atoms with Gasteiger partial charge in [0.15, 0.2) is 0 Å². The number of anilines is 2. The highest BCUT2D eigenvalue weighted by Gasteiger charge is 2.21. The molecule has 1 saturated heterocycles. The molecule has 4 N–H and O–H groups in total. The molecule has 1 unspecified atom stereocenters. The highest BCUT2D eigenvalue weighted by molar-refractivity contribution is 7.17. The molecule has 1 aliphatic rings. The lowest BCUT2D eigenvalue weighted by Crippen LogP contribution is -2.31. The third kappa shape index (κ3) is 2.70. The minimum absolute atomic E-state index is 0.352. The predicted octanol–water partition coefficient (Wildman–Crippen LogP) is 2.20. The van der Waals surface area contributed by atoms with Crippen molar-refractivity contribution in [3.63, 3.8) is 0 Å². The van der Waals surface area contributed by atoms with Crippen LogP contribution in [0.2, 0.25) is 0 Å². The Morgan fingerprint density at radius 1 is 1.40 bits per heavy atom. The molecular formula is C13H19N5OS. The van der Waals surface area contributed by atoms with Crippen molar-refractivity contribution in [3.05, 3.63) is 11.4 Å². The number of nitrogens with one attached hydrogen (secondary N) is 2. The molecule has 3 rings (SSSR count). The van der Waals surface area contributed by atoms with Crippen molar-refractivity contribution in [2.24, 2.45) is 11.8 Å². The number of hydrogen-bond acceptors (Lipinski definition) is 7. The number of fused-ring (bicyclic) bond motifs is 1. The first-order valence-corrected chi connectivity index (χ1v) is 7.72. The molecule has 6 nitrogen and oxygen atoms in total. The van der Waals surface area contributed by atoms with E-state index in [0.29, 0.717) is 17.9 Å². The van der Waals surface area contributed by atoms with Gasteiger partial charge in [0.2, 0.25) is 5.95 Å². The standard InChI is InChI=1S/C13H19N5OS/c1-8(9-2-5-19-6-3-9)15-12-11-10(4-7-20-11)16-13(17-12)18-14/h4,7-9H,2-3,5-6,14H2,1H3,(H2,15,16,17,18). The van der Waals surface area contributed by atoms with Crippen LogP contribution in [0.25, 0.3) is 10.2 Å². The third-order valence-electron chi connectivity index (χ3n) is 3.77. The van der Waals surface area contributed by atoms with E-state index in [1.165, 1.54) is 0 Å². The SMILES string of the molecule is CC(Nc1nc(NN)nc2ccsc12)C1CCOCC1. The van der Waals surface area contributed by atoms with E-state index in [9.17, 15) is 0 Å². The normalized spacial score (nSPS) is 18.1. The van der Waals surface area contributed by atoms with Crippen molar-refractivity contribution < 1.29 is 4.74 Å². The summed E-state index contributed by atoms with van der Waals surface area (Å²) in [6.45, 7) is 3.90. The molecule has 0 radical (unpaired) electrons. The van der Waals surface area contributed by atoms with Gasteiger partial charge in [-0.15, -0.1) is 11.3 Å². The van der Waals surface area contributed by atoms with Crippen LogP contribution in [0.4, 0.5) is 11.8 Å². The van der Waals surface area contributed by atoms with Gasteiger partial charge in [-0.05, 0) is 37.1 Å². The molecule has 2 aromatic rings. The maximum absolute atomic E-state index is 5.44. The van der Waals surface area contributed by atoms with Crippen LogP contribution in [0.3, 0.4) is 0 Å². The first-order valence-electron chi connectivity index (χ1n) is 6.84. The molecule has 3 heterocycles. The predicted molar refractivity (Wildman–Crippen MR) is 81.9 cm³/mol. The number of thiophene rings is 1. The summed E-state index contributed by atoms with van der Waals surface area (Å²) in [6, 6.07) is 2.33. The number of hydrogen-bond donors (Lipinski definition) is 3. The second-order valence-electron chi connectivity index (χ2n) is 5.06. The maximum atomic E-state index is 5.44. The fraction of sp³-hybridized carbons (Fsp3) is 0.538. The van der Waals surface area contributed by atoms with Crippen molar-refractivity contribution in [2.75, 3.05) is 24.0 Å². The van der Waals surface area contributed by atoms with Crippen LogP contribution in [0, 0.1) is 5.92 Å². The van der Waals surface area contributed by atoms with E-state index in [1.54, 1.807) is 11.3 Å². The van der Waals surface area contributed by atoms with E-state index < -0.39 is 0 Å². The molecule has 1 aliphatic heterocycles. The summed E-state index contributed by atoms with van der Waals surface area (Å²) in [5.74, 6) is 7.35. The summed E-state index contributed by atoms with van der Waals surface area (Å²) < 4.78 is 6.49. The van der Waals surface area contributed by atoms with Crippen molar-refractivity contribution in [2.45, 2.75) is 25.8 Å². The van der Waals surface area contributed by atoms with Crippen LogP contribution >= 0.6 is 11.3 Å². The summed E-state index contributed by atoms with van der Waals surface area (Å²) >= 11 is 1.64. The summed E-state index contributed by atoms with van der Waals surface area (Å²) in [7, 11) is 0. The van der Waals surface area contributed by atoms with Crippen LogP contribution in [0.1, 0.15) is 19.8 Å². The molecular weight excluding hydrogens is 274 g/mol. The fourth-order valence-corrected chi connectivity index (χ4v) is 3.36. The minimum atomic E-state index is 0.352. The largest absolute Gasteiger partial charge is 0.381 e. The molecule has 0 aliphatic carbocycles. The van der Waals surface area contributed by atoms with E-state index in [1.807, 2.05) is 11.4 Å². The molecule has 7 heteroatoms. The number of nitrogen functional groups attached to an aromatic ring is 1. The van der Waals surface area contributed by atoms with Gasteiger partial charge in [-0.25, -0.2) is 10.8 Å². The molecule has 0 spiro atoms. The number of aromatic nitrogens is 2. The third-order valence-corrected chi connectivity index (χ3v) is 4.68. The van der Waals surface area contributed by atoms with Crippen molar-refractivity contribution in [3.8, 4) is 0 Å². The Bertz CT molecular complexity index is 581. The summed E-state index contributed by atoms with van der Waals surface area (Å²) in [4.78, 5) is 8.78. The Morgan fingerprint density at radius 2 is 2.20 bits per heavy atom. The molecule has 108 valence electrons. The quantitative estimate of drug-likeness (QED) is 0.592. The Labute approximate surface area is 121 Å². The second-order valence-corrected chi connectivity index (χ2v) is 5.97. The number of hydrazine groups is 1. The van der Waals surface area contributed by atoms with Gasteiger partial charge >= 0.3 is 0 Å². The fourth-order valence-electron chi connectivity index (χ4n) is 2.58. The molecule has 0 saturated carbocycles. The molecule has 20 heavy (non-hydrogen) atoms. The number of nitrogens with two attached hydrogens (primary N) is 1. The average Bonchev–Trinajstić information content (AvgIpc) is 2.96. The lowest BCUT2D eigenvalue weighted by Gasteiger charge is -2.28. The van der Waals surface area contributed by atoms with Crippen LogP contribution < -0.4 is 16.6 Å². The van der Waals surface area contributed by atoms with Crippen molar-refractivity contribution >= 4 is 33.3 Å². The first-order chi connectivity index (χ1) is 9.78. The molecule has 1 atom stereocenters. The van der Waals surface area contributed by atoms with E-state index >= 15 is 0 Å². The van der Waals surface area contributed by atoms with Crippen LogP contribution in [0.15, 0.2) is 11.4 Å². The summed E-state index contributed by atoms with van der Waals surface area (Å²) in [6.07, 6.45) is 2.18. The Balaban J connectivity index is 1.83. The van der Waals surface area contributed by atoms with Gasteiger partial charge in [0.1, 0.15) is 5.82 Å². The Morgan fingerprint density at radius 3 is 2.95 bits per heavy atom. The van der Waals surface area contributed by atoms with Crippen molar-refractivity contribution in [1.29, 1.82) is 0 Å². The van der Waals surface area contributed by atoms with Gasteiger partial charge in [-0.1, -0.05) is 0 Å². The van der Waals surface area contributed by atoms with E-state index in [0.717, 1.165) is 42.1 Å². The van der Waals surface area contributed by atoms with Gasteiger partial charge in [0, 0.05) is 19.3 Å². The Kier molecular flexibility index (Phi) is 4.00. The van der Waals surface area contributed by atoms with E-state index in [2.05, 4.69) is 27.6 Å². The van der Waals surface area contributed by atoms with Gasteiger partial charge in [-0.2, -0.15) is 4.98 Å². The molecule has 2 aromatic heterocycles. The summed E-state index contributed by atoms with van der Waals surface area (Å²) in [5, 5.41) is 5.54.